The number of nitrogens with zero attached hydrogens (tertiary/aromatic N) is 2. The minimum Gasteiger partial charge on any atom is -0.478 e. The van der Waals surface area contributed by atoms with Crippen molar-refractivity contribution in [2.45, 2.75) is 18.8 Å². The van der Waals surface area contributed by atoms with Gasteiger partial charge in [-0.1, -0.05) is 34.8 Å². The van der Waals surface area contributed by atoms with Gasteiger partial charge < -0.3 is 14.4 Å². The number of alkyl halides is 3. The molecule has 0 saturated heterocycles. The number of carbonyl (C=O) groups is 1. The zero-order valence-corrected chi connectivity index (χ0v) is 14.8. The molecular weight excluding hydrogens is 420 g/mol. The molecule has 138 valence electrons. The Balaban J connectivity index is 2.13. The molecule has 5 nitrogen and oxygen atoms in total. The first-order valence-electron chi connectivity index (χ1n) is 6.95. The molecule has 0 radical (unpaired) electrons. The molecule has 3 rings (SSSR count). The maximum Gasteiger partial charge on any atom is 0.430 e. The molecule has 1 aromatic heterocycles. The summed E-state index contributed by atoms with van der Waals surface area (Å²) in [5.74, 6) is -1.88. The predicted octanol–water partition coefficient (Wildman–Crippen LogP) is 4.68. The fraction of sp³-hybridized carbons (Fsp3) is 0.200. The Morgan fingerprint density at radius 2 is 2.00 bits per heavy atom. The molecular formula is C15H8Cl3F3N2O3. The van der Waals surface area contributed by atoms with Gasteiger partial charge in [0.2, 0.25) is 6.10 Å². The van der Waals surface area contributed by atoms with Crippen molar-refractivity contribution >= 4 is 46.8 Å². The number of aromatic nitrogens is 2. The topological polar surface area (TPSA) is 64.3 Å². The van der Waals surface area contributed by atoms with Crippen LogP contribution in [0, 0.1) is 0 Å². The third-order valence-corrected chi connectivity index (χ3v) is 4.82. The van der Waals surface area contributed by atoms with Gasteiger partial charge in [0, 0.05) is 16.1 Å². The number of ether oxygens (including phenoxy) is 1. The van der Waals surface area contributed by atoms with Crippen LogP contribution >= 0.6 is 34.8 Å². The molecule has 0 saturated carbocycles. The average molecular weight is 428 g/mol. The lowest BCUT2D eigenvalue weighted by Gasteiger charge is -2.28. The normalized spacial score (nSPS) is 16.7. The molecule has 11 heteroatoms. The number of fused-ring (bicyclic) bond motifs is 1. The van der Waals surface area contributed by atoms with Gasteiger partial charge in [-0.2, -0.15) is 13.2 Å². The van der Waals surface area contributed by atoms with Crippen LogP contribution < -0.4 is 4.74 Å². The van der Waals surface area contributed by atoms with E-state index in [1.54, 1.807) is 0 Å². The highest BCUT2D eigenvalue weighted by molar-refractivity contribution is 6.40. The van der Waals surface area contributed by atoms with E-state index in [2.05, 4.69) is 4.98 Å². The van der Waals surface area contributed by atoms with Gasteiger partial charge in [0.05, 0.1) is 18.4 Å². The molecule has 1 aliphatic heterocycles. The van der Waals surface area contributed by atoms with Crippen molar-refractivity contribution in [1.29, 1.82) is 0 Å². The van der Waals surface area contributed by atoms with Crippen LogP contribution in [0.25, 0.3) is 6.08 Å². The number of carboxylic acids is 1. The Labute approximate surface area is 159 Å². The van der Waals surface area contributed by atoms with Gasteiger partial charge in [-0.05, 0) is 18.2 Å². The molecule has 1 unspecified atom stereocenters. The predicted molar refractivity (Wildman–Crippen MR) is 88.9 cm³/mol. The summed E-state index contributed by atoms with van der Waals surface area (Å²) in [7, 11) is 0. The number of hydrogen-bond donors (Lipinski definition) is 1. The van der Waals surface area contributed by atoms with Crippen molar-refractivity contribution in [3.05, 3.63) is 50.5 Å². The molecule has 26 heavy (non-hydrogen) atoms. The Kier molecular flexibility index (Phi) is 4.85. The molecule has 0 fully saturated rings. The van der Waals surface area contributed by atoms with Crippen LogP contribution in [0.4, 0.5) is 13.2 Å². The zero-order valence-electron chi connectivity index (χ0n) is 12.5. The first kappa shape index (κ1) is 18.9. The summed E-state index contributed by atoms with van der Waals surface area (Å²) >= 11 is 17.9. The van der Waals surface area contributed by atoms with E-state index in [-0.39, 0.29) is 33.2 Å². The highest BCUT2D eigenvalue weighted by Gasteiger charge is 2.48. The van der Waals surface area contributed by atoms with Crippen molar-refractivity contribution in [3.63, 3.8) is 0 Å². The second-order valence-electron chi connectivity index (χ2n) is 5.34. The number of rotatable bonds is 3. The summed E-state index contributed by atoms with van der Waals surface area (Å²) in [6, 6.07) is 2.60. The molecule has 2 aromatic rings. The number of benzene rings is 1. The highest BCUT2D eigenvalue weighted by atomic mass is 35.5. The van der Waals surface area contributed by atoms with Gasteiger partial charge in [-0.25, -0.2) is 9.78 Å². The number of imidazole rings is 1. The van der Waals surface area contributed by atoms with Crippen LogP contribution in [0.15, 0.2) is 24.0 Å². The van der Waals surface area contributed by atoms with E-state index in [1.165, 1.54) is 23.0 Å². The molecule has 1 atom stereocenters. The maximum atomic E-state index is 13.1. The van der Waals surface area contributed by atoms with Crippen LogP contribution in [0.2, 0.25) is 15.3 Å². The smallest absolute Gasteiger partial charge is 0.430 e. The molecule has 2 heterocycles. The summed E-state index contributed by atoms with van der Waals surface area (Å²) in [6.45, 7) is 0.00397. The van der Waals surface area contributed by atoms with E-state index in [1.807, 2.05) is 0 Å². The number of halogens is 6. The van der Waals surface area contributed by atoms with Crippen LogP contribution in [-0.2, 0) is 11.3 Å². The van der Waals surface area contributed by atoms with Crippen molar-refractivity contribution in [1.82, 2.24) is 9.55 Å². The van der Waals surface area contributed by atoms with Crippen LogP contribution in [-0.4, -0.2) is 32.9 Å². The van der Waals surface area contributed by atoms with Crippen molar-refractivity contribution < 1.29 is 27.8 Å². The average Bonchev–Trinajstić information content (AvgIpc) is 2.87. The first-order valence-corrected chi connectivity index (χ1v) is 8.08. The van der Waals surface area contributed by atoms with Gasteiger partial charge in [0.25, 0.3) is 0 Å². The van der Waals surface area contributed by atoms with Crippen LogP contribution in [0.1, 0.15) is 11.1 Å². The Morgan fingerprint density at radius 1 is 1.31 bits per heavy atom. The van der Waals surface area contributed by atoms with Crippen molar-refractivity contribution in [3.8, 4) is 5.75 Å². The second-order valence-corrected chi connectivity index (χ2v) is 6.46. The fourth-order valence-electron chi connectivity index (χ4n) is 2.50. The lowest BCUT2D eigenvalue weighted by Crippen LogP contribution is -2.40. The third-order valence-electron chi connectivity index (χ3n) is 3.69. The standard InChI is InChI=1S/C15H8Cl3F3N2O3/c16-9-1-2-10-6(8(9)4-23-5-22-12(17)13(23)18)3-7(14(24)25)11(26-10)15(19,20)21/h1-3,5,11H,4H2,(H,24,25). The van der Waals surface area contributed by atoms with Gasteiger partial charge >= 0.3 is 12.1 Å². The van der Waals surface area contributed by atoms with E-state index < -0.39 is 23.8 Å². The molecule has 1 aliphatic rings. The van der Waals surface area contributed by atoms with Crippen LogP contribution in [0.3, 0.4) is 0 Å². The molecule has 0 bridgehead atoms. The lowest BCUT2D eigenvalue weighted by molar-refractivity contribution is -0.187. The monoisotopic (exact) mass is 426 g/mol. The van der Waals surface area contributed by atoms with Gasteiger partial charge in [0.15, 0.2) is 5.15 Å². The van der Waals surface area contributed by atoms with Crippen LogP contribution in [0.5, 0.6) is 5.75 Å². The number of hydrogen-bond acceptors (Lipinski definition) is 3. The molecule has 0 spiro atoms. The second kappa shape index (κ2) is 6.68. The molecule has 1 aromatic carbocycles. The van der Waals surface area contributed by atoms with Crippen molar-refractivity contribution in [2.75, 3.05) is 0 Å². The van der Waals surface area contributed by atoms with Gasteiger partial charge in [-0.15, -0.1) is 0 Å². The number of aliphatic carboxylic acids is 1. The van der Waals surface area contributed by atoms with Gasteiger partial charge in [-0.3, -0.25) is 0 Å². The Bertz CT molecular complexity index is 925. The first-order chi connectivity index (χ1) is 12.1. The Hall–Kier alpha value is -1.90. The molecule has 1 N–H and O–H groups in total. The molecule has 0 aliphatic carbocycles. The van der Waals surface area contributed by atoms with E-state index in [9.17, 15) is 18.0 Å². The minimum atomic E-state index is -4.89. The van der Waals surface area contributed by atoms with E-state index in [4.69, 9.17) is 44.6 Å². The lowest BCUT2D eigenvalue weighted by atomic mass is 9.97. The largest absolute Gasteiger partial charge is 0.478 e. The van der Waals surface area contributed by atoms with E-state index in [0.29, 0.717) is 5.56 Å². The third kappa shape index (κ3) is 3.36. The summed E-state index contributed by atoms with van der Waals surface area (Å²) in [5.41, 5.74) is -0.501. The van der Waals surface area contributed by atoms with Gasteiger partial charge in [0.1, 0.15) is 10.9 Å². The summed E-state index contributed by atoms with van der Waals surface area (Å²) in [4.78, 5) is 15.1. The van der Waals surface area contributed by atoms with Crippen molar-refractivity contribution in [2.24, 2.45) is 0 Å². The summed E-state index contributed by atoms with van der Waals surface area (Å²) < 4.78 is 45.7. The highest BCUT2D eigenvalue weighted by Crippen LogP contribution is 2.41. The van der Waals surface area contributed by atoms with E-state index in [0.717, 1.165) is 6.08 Å². The summed E-state index contributed by atoms with van der Waals surface area (Å²) in [6.07, 6.45) is -5.23. The molecule has 0 amide bonds. The van der Waals surface area contributed by atoms with E-state index >= 15 is 0 Å². The fourth-order valence-corrected chi connectivity index (χ4v) is 3.03. The quantitative estimate of drug-likeness (QED) is 0.772. The Morgan fingerprint density at radius 3 is 2.54 bits per heavy atom. The number of carboxylic acid groups (broad SMARTS) is 1. The maximum absolute atomic E-state index is 13.1. The zero-order chi connectivity index (χ0) is 19.2. The summed E-state index contributed by atoms with van der Waals surface area (Å²) in [5, 5.41) is 9.50. The SMILES string of the molecule is O=C(O)C1=Cc2c(ccc(Cl)c2Cn2cnc(Cl)c2Cl)OC1C(F)(F)F. The minimum absolute atomic E-state index is 0.00397.